The molecule has 1 aromatic rings. The van der Waals surface area contributed by atoms with E-state index in [9.17, 15) is 0 Å². The Hall–Kier alpha value is -0.940. The SMILES string of the molecule is C[C@@H](O)CCOC[C@H]1COC(c2ccccc2)N1. The number of aliphatic hydroxyl groups is 1. The Balaban J connectivity index is 1.69. The Kier molecular flexibility index (Phi) is 5.13. The lowest BCUT2D eigenvalue weighted by Gasteiger charge is -2.13. The third-order valence-electron chi connectivity index (χ3n) is 2.95. The lowest BCUT2D eigenvalue weighted by molar-refractivity contribution is 0.0734. The summed E-state index contributed by atoms with van der Waals surface area (Å²) in [6.07, 6.45) is 0.349. The van der Waals surface area contributed by atoms with Crippen molar-refractivity contribution in [2.24, 2.45) is 0 Å². The largest absolute Gasteiger partial charge is 0.393 e. The van der Waals surface area contributed by atoms with Crippen LogP contribution in [0.25, 0.3) is 0 Å². The van der Waals surface area contributed by atoms with Crippen molar-refractivity contribution < 1.29 is 14.6 Å². The highest BCUT2D eigenvalue weighted by Crippen LogP contribution is 2.20. The minimum absolute atomic E-state index is 0.0310. The van der Waals surface area contributed by atoms with Crippen molar-refractivity contribution in [1.82, 2.24) is 5.32 Å². The molecular formula is C14H21NO3. The van der Waals surface area contributed by atoms with Crippen LogP contribution in [0.2, 0.25) is 0 Å². The summed E-state index contributed by atoms with van der Waals surface area (Å²) in [6.45, 7) is 3.64. The average molecular weight is 251 g/mol. The Morgan fingerprint density at radius 2 is 2.22 bits per heavy atom. The van der Waals surface area contributed by atoms with Crippen LogP contribution in [-0.2, 0) is 9.47 Å². The summed E-state index contributed by atoms with van der Waals surface area (Å²) in [5.74, 6) is 0. The fourth-order valence-corrected chi connectivity index (χ4v) is 1.92. The fourth-order valence-electron chi connectivity index (χ4n) is 1.92. The van der Waals surface area contributed by atoms with Gasteiger partial charge in [0.2, 0.25) is 0 Å². The van der Waals surface area contributed by atoms with Crippen LogP contribution in [0.5, 0.6) is 0 Å². The van der Waals surface area contributed by atoms with E-state index in [1.165, 1.54) is 0 Å². The van der Waals surface area contributed by atoms with E-state index in [-0.39, 0.29) is 18.4 Å². The topological polar surface area (TPSA) is 50.7 Å². The zero-order valence-electron chi connectivity index (χ0n) is 10.7. The van der Waals surface area contributed by atoms with Crippen molar-refractivity contribution in [2.75, 3.05) is 19.8 Å². The molecule has 1 saturated heterocycles. The van der Waals surface area contributed by atoms with Crippen LogP contribution in [0.1, 0.15) is 25.1 Å². The maximum Gasteiger partial charge on any atom is 0.134 e. The molecule has 3 atom stereocenters. The number of hydrogen-bond donors (Lipinski definition) is 2. The molecule has 1 unspecified atom stereocenters. The van der Waals surface area contributed by atoms with E-state index >= 15 is 0 Å². The van der Waals surface area contributed by atoms with Gasteiger partial charge in [0.1, 0.15) is 6.23 Å². The van der Waals surface area contributed by atoms with E-state index in [1.54, 1.807) is 6.92 Å². The predicted octanol–water partition coefficient (Wildman–Crippen LogP) is 1.46. The summed E-state index contributed by atoms with van der Waals surface area (Å²) in [4.78, 5) is 0. The van der Waals surface area contributed by atoms with Crippen LogP contribution in [-0.4, -0.2) is 37.1 Å². The average Bonchev–Trinajstić information content (AvgIpc) is 2.84. The predicted molar refractivity (Wildman–Crippen MR) is 69.2 cm³/mol. The van der Waals surface area contributed by atoms with Crippen LogP contribution < -0.4 is 5.32 Å². The number of aliphatic hydroxyl groups excluding tert-OH is 1. The Morgan fingerprint density at radius 3 is 2.94 bits per heavy atom. The van der Waals surface area contributed by atoms with Crippen molar-refractivity contribution in [3.05, 3.63) is 35.9 Å². The molecule has 0 radical (unpaired) electrons. The standard InChI is InChI=1S/C14H21NO3/c1-11(16)7-8-17-9-13-10-18-14(15-13)12-5-3-2-4-6-12/h2-6,11,13-16H,7-10H2,1H3/t11-,13+,14?/m1/s1. The quantitative estimate of drug-likeness (QED) is 0.752. The van der Waals surface area contributed by atoms with Gasteiger partial charge in [0.05, 0.1) is 25.4 Å². The summed E-state index contributed by atoms with van der Waals surface area (Å²) in [6, 6.07) is 10.3. The molecule has 0 amide bonds. The van der Waals surface area contributed by atoms with Gasteiger partial charge < -0.3 is 14.6 Å². The van der Waals surface area contributed by atoms with Gasteiger partial charge in [-0.1, -0.05) is 30.3 Å². The monoisotopic (exact) mass is 251 g/mol. The molecule has 0 spiro atoms. The van der Waals surface area contributed by atoms with E-state index < -0.39 is 0 Å². The first kappa shape index (κ1) is 13.5. The lowest BCUT2D eigenvalue weighted by Crippen LogP contribution is -2.30. The number of nitrogens with one attached hydrogen (secondary N) is 1. The Morgan fingerprint density at radius 1 is 1.44 bits per heavy atom. The molecule has 0 saturated carbocycles. The highest BCUT2D eigenvalue weighted by atomic mass is 16.5. The minimum atomic E-state index is -0.296. The van der Waals surface area contributed by atoms with E-state index in [0.717, 1.165) is 5.56 Å². The van der Waals surface area contributed by atoms with Crippen molar-refractivity contribution in [1.29, 1.82) is 0 Å². The molecule has 1 aromatic carbocycles. The molecule has 1 fully saturated rings. The molecule has 1 heterocycles. The van der Waals surface area contributed by atoms with Gasteiger partial charge in [0.25, 0.3) is 0 Å². The van der Waals surface area contributed by atoms with Crippen LogP contribution >= 0.6 is 0 Å². The van der Waals surface area contributed by atoms with Gasteiger partial charge in [0.15, 0.2) is 0 Å². The zero-order chi connectivity index (χ0) is 12.8. The molecule has 0 aromatic heterocycles. The lowest BCUT2D eigenvalue weighted by atomic mass is 10.2. The second kappa shape index (κ2) is 6.85. The normalized spacial score (nSPS) is 25.2. The third kappa shape index (κ3) is 4.07. The first-order valence-corrected chi connectivity index (χ1v) is 6.44. The number of hydrogen-bond acceptors (Lipinski definition) is 4. The molecule has 18 heavy (non-hydrogen) atoms. The maximum atomic E-state index is 9.11. The molecule has 4 heteroatoms. The van der Waals surface area contributed by atoms with Gasteiger partial charge in [-0.2, -0.15) is 0 Å². The highest BCUT2D eigenvalue weighted by molar-refractivity contribution is 5.17. The Labute approximate surface area is 108 Å². The maximum absolute atomic E-state index is 9.11. The van der Waals surface area contributed by atoms with Crippen LogP contribution in [0.15, 0.2) is 30.3 Å². The Bertz CT molecular complexity index is 342. The molecule has 2 rings (SSSR count). The van der Waals surface area contributed by atoms with Crippen LogP contribution in [0.3, 0.4) is 0 Å². The van der Waals surface area contributed by atoms with Crippen LogP contribution in [0, 0.1) is 0 Å². The van der Waals surface area contributed by atoms with Crippen molar-refractivity contribution >= 4 is 0 Å². The fraction of sp³-hybridized carbons (Fsp3) is 0.571. The summed E-state index contributed by atoms with van der Waals surface area (Å²) in [5, 5.41) is 12.5. The van der Waals surface area contributed by atoms with E-state index in [0.29, 0.717) is 26.2 Å². The van der Waals surface area contributed by atoms with Gasteiger partial charge in [-0.25, -0.2) is 0 Å². The number of rotatable bonds is 6. The van der Waals surface area contributed by atoms with Crippen molar-refractivity contribution in [3.8, 4) is 0 Å². The van der Waals surface area contributed by atoms with Crippen molar-refractivity contribution in [3.63, 3.8) is 0 Å². The summed E-state index contributed by atoms with van der Waals surface area (Å²) >= 11 is 0. The molecular weight excluding hydrogens is 230 g/mol. The molecule has 4 nitrogen and oxygen atoms in total. The first-order valence-electron chi connectivity index (χ1n) is 6.44. The first-order chi connectivity index (χ1) is 8.75. The summed E-state index contributed by atoms with van der Waals surface area (Å²) in [7, 11) is 0. The van der Waals surface area contributed by atoms with Gasteiger partial charge in [-0.3, -0.25) is 5.32 Å². The van der Waals surface area contributed by atoms with Crippen molar-refractivity contribution in [2.45, 2.75) is 31.7 Å². The van der Waals surface area contributed by atoms with E-state index in [2.05, 4.69) is 5.32 Å². The smallest absolute Gasteiger partial charge is 0.134 e. The molecule has 0 bridgehead atoms. The molecule has 100 valence electrons. The van der Waals surface area contributed by atoms with Crippen LogP contribution in [0.4, 0.5) is 0 Å². The van der Waals surface area contributed by atoms with E-state index in [4.69, 9.17) is 14.6 Å². The van der Waals surface area contributed by atoms with Gasteiger partial charge in [-0.05, 0) is 18.9 Å². The van der Waals surface area contributed by atoms with E-state index in [1.807, 2.05) is 30.3 Å². The minimum Gasteiger partial charge on any atom is -0.393 e. The van der Waals surface area contributed by atoms with Gasteiger partial charge >= 0.3 is 0 Å². The molecule has 0 aliphatic carbocycles. The second-order valence-corrected chi connectivity index (χ2v) is 4.70. The number of benzene rings is 1. The molecule has 2 N–H and O–H groups in total. The second-order valence-electron chi connectivity index (χ2n) is 4.70. The van der Waals surface area contributed by atoms with Gasteiger partial charge in [-0.15, -0.1) is 0 Å². The number of ether oxygens (including phenoxy) is 2. The zero-order valence-corrected chi connectivity index (χ0v) is 10.7. The highest BCUT2D eigenvalue weighted by Gasteiger charge is 2.25. The summed E-state index contributed by atoms with van der Waals surface area (Å²) < 4.78 is 11.2. The van der Waals surface area contributed by atoms with Gasteiger partial charge in [0, 0.05) is 6.61 Å². The molecule has 1 aliphatic rings. The summed E-state index contributed by atoms with van der Waals surface area (Å²) in [5.41, 5.74) is 1.14. The molecule has 1 aliphatic heterocycles. The third-order valence-corrected chi connectivity index (χ3v) is 2.95.